The second kappa shape index (κ2) is 8.09. The van der Waals surface area contributed by atoms with Crippen LogP contribution < -0.4 is 10.6 Å². The van der Waals surface area contributed by atoms with Crippen molar-refractivity contribution in [2.24, 2.45) is 4.99 Å². The summed E-state index contributed by atoms with van der Waals surface area (Å²) >= 11 is 1.83. The lowest BCUT2D eigenvalue weighted by Crippen LogP contribution is -2.40. The second-order valence-corrected chi connectivity index (χ2v) is 5.65. The SMILES string of the molecule is CCNC(=NCc1nc(C)c(C)o1)NCC(C)SC. The van der Waals surface area contributed by atoms with Crippen molar-refractivity contribution < 1.29 is 4.42 Å². The average Bonchev–Trinajstić information content (AvgIpc) is 2.71. The lowest BCUT2D eigenvalue weighted by atomic mass is 10.4. The van der Waals surface area contributed by atoms with Gasteiger partial charge in [0.2, 0.25) is 5.89 Å². The molecule has 0 spiro atoms. The number of guanidine groups is 1. The normalized spacial score (nSPS) is 13.4. The van der Waals surface area contributed by atoms with Crippen LogP contribution in [0.15, 0.2) is 9.41 Å². The fourth-order valence-corrected chi connectivity index (χ4v) is 1.67. The first-order valence-corrected chi connectivity index (χ1v) is 7.83. The van der Waals surface area contributed by atoms with Gasteiger partial charge in [0.1, 0.15) is 12.3 Å². The summed E-state index contributed by atoms with van der Waals surface area (Å²) in [6, 6.07) is 0. The van der Waals surface area contributed by atoms with Crippen LogP contribution in [-0.2, 0) is 6.54 Å². The zero-order valence-corrected chi connectivity index (χ0v) is 13.2. The summed E-state index contributed by atoms with van der Waals surface area (Å²) in [6.45, 7) is 10.3. The molecule has 0 aliphatic carbocycles. The number of hydrogen-bond acceptors (Lipinski definition) is 4. The molecule has 1 atom stereocenters. The van der Waals surface area contributed by atoms with Crippen molar-refractivity contribution in [3.63, 3.8) is 0 Å². The van der Waals surface area contributed by atoms with Gasteiger partial charge in [-0.1, -0.05) is 6.92 Å². The molecule has 1 heterocycles. The van der Waals surface area contributed by atoms with Gasteiger partial charge in [0.05, 0.1) is 5.69 Å². The highest BCUT2D eigenvalue weighted by Gasteiger charge is 2.06. The molecule has 5 nitrogen and oxygen atoms in total. The summed E-state index contributed by atoms with van der Waals surface area (Å²) in [5.74, 6) is 2.32. The average molecular weight is 284 g/mol. The molecule has 0 fully saturated rings. The van der Waals surface area contributed by atoms with Crippen molar-refractivity contribution in [2.75, 3.05) is 19.3 Å². The Bertz CT molecular complexity index is 397. The molecule has 0 saturated carbocycles. The maximum atomic E-state index is 5.51. The van der Waals surface area contributed by atoms with Crippen molar-refractivity contribution >= 4 is 17.7 Å². The quantitative estimate of drug-likeness (QED) is 0.619. The van der Waals surface area contributed by atoms with E-state index in [1.54, 1.807) is 0 Å². The minimum atomic E-state index is 0.456. The monoisotopic (exact) mass is 284 g/mol. The Balaban J connectivity index is 2.56. The number of oxazole rings is 1. The topological polar surface area (TPSA) is 62.5 Å². The minimum absolute atomic E-state index is 0.456. The molecule has 1 unspecified atom stereocenters. The highest BCUT2D eigenvalue weighted by Crippen LogP contribution is 2.09. The van der Waals surface area contributed by atoms with Gasteiger partial charge in [0, 0.05) is 18.3 Å². The highest BCUT2D eigenvalue weighted by atomic mass is 32.2. The summed E-state index contributed by atoms with van der Waals surface area (Å²) < 4.78 is 5.51. The third-order valence-corrected chi connectivity index (χ3v) is 3.72. The van der Waals surface area contributed by atoms with E-state index >= 15 is 0 Å². The van der Waals surface area contributed by atoms with Gasteiger partial charge in [0.15, 0.2) is 5.96 Å². The first-order chi connectivity index (χ1) is 9.06. The Hall–Kier alpha value is -1.17. The molecule has 108 valence electrons. The largest absolute Gasteiger partial charge is 0.444 e. The molecule has 19 heavy (non-hydrogen) atoms. The zero-order chi connectivity index (χ0) is 14.3. The molecule has 0 aliphatic rings. The van der Waals surface area contributed by atoms with Gasteiger partial charge in [-0.15, -0.1) is 0 Å². The third kappa shape index (κ3) is 5.55. The standard InChI is InChI=1S/C13H24N4OS/c1-6-14-13(15-7-9(2)19-5)16-8-12-17-10(3)11(4)18-12/h9H,6-8H2,1-5H3,(H2,14,15,16). The van der Waals surface area contributed by atoms with E-state index < -0.39 is 0 Å². The number of rotatable bonds is 6. The van der Waals surface area contributed by atoms with Crippen LogP contribution in [0, 0.1) is 13.8 Å². The van der Waals surface area contributed by atoms with Crippen LogP contribution in [0.5, 0.6) is 0 Å². The fraction of sp³-hybridized carbons (Fsp3) is 0.692. The van der Waals surface area contributed by atoms with Gasteiger partial charge >= 0.3 is 0 Å². The van der Waals surface area contributed by atoms with Crippen molar-refractivity contribution in [1.82, 2.24) is 15.6 Å². The van der Waals surface area contributed by atoms with E-state index in [9.17, 15) is 0 Å². The predicted molar refractivity (Wildman–Crippen MR) is 81.8 cm³/mol. The van der Waals surface area contributed by atoms with Crippen molar-refractivity contribution in [3.05, 3.63) is 17.3 Å². The van der Waals surface area contributed by atoms with Crippen LogP contribution in [0.25, 0.3) is 0 Å². The molecule has 1 aromatic heterocycles. The predicted octanol–water partition coefficient (Wildman–Crippen LogP) is 2.10. The van der Waals surface area contributed by atoms with E-state index in [1.165, 1.54) is 0 Å². The molecule has 0 saturated heterocycles. The molecule has 1 aromatic rings. The van der Waals surface area contributed by atoms with Crippen LogP contribution in [0.1, 0.15) is 31.2 Å². The summed E-state index contributed by atoms with van der Waals surface area (Å²) in [5, 5.41) is 7.08. The second-order valence-electron chi connectivity index (χ2n) is 4.37. The molecular weight excluding hydrogens is 260 g/mol. The van der Waals surface area contributed by atoms with E-state index in [1.807, 2.05) is 25.6 Å². The van der Waals surface area contributed by atoms with Crippen LogP contribution in [0.2, 0.25) is 0 Å². The number of aromatic nitrogens is 1. The first kappa shape index (κ1) is 15.9. The van der Waals surface area contributed by atoms with Gasteiger partial charge in [-0.25, -0.2) is 9.98 Å². The van der Waals surface area contributed by atoms with Crippen LogP contribution in [-0.4, -0.2) is 35.5 Å². The number of thioether (sulfide) groups is 1. The maximum absolute atomic E-state index is 5.51. The summed E-state index contributed by atoms with van der Waals surface area (Å²) in [4.78, 5) is 8.79. The first-order valence-electron chi connectivity index (χ1n) is 6.54. The van der Waals surface area contributed by atoms with Gasteiger partial charge in [-0.2, -0.15) is 11.8 Å². The summed E-state index contributed by atoms with van der Waals surface area (Å²) in [6.07, 6.45) is 2.11. The summed E-state index contributed by atoms with van der Waals surface area (Å²) in [7, 11) is 0. The Labute approximate surface area is 119 Å². The lowest BCUT2D eigenvalue weighted by Gasteiger charge is -2.13. The Kier molecular flexibility index (Phi) is 6.77. The van der Waals surface area contributed by atoms with Crippen molar-refractivity contribution in [2.45, 2.75) is 39.5 Å². The van der Waals surface area contributed by atoms with E-state index in [0.29, 0.717) is 17.7 Å². The molecule has 0 aliphatic heterocycles. The maximum Gasteiger partial charge on any atom is 0.216 e. The molecule has 2 N–H and O–H groups in total. The van der Waals surface area contributed by atoms with Gasteiger partial charge in [-0.05, 0) is 27.0 Å². The van der Waals surface area contributed by atoms with E-state index in [0.717, 1.165) is 30.5 Å². The van der Waals surface area contributed by atoms with Gasteiger partial charge < -0.3 is 15.1 Å². The Morgan fingerprint density at radius 1 is 1.42 bits per heavy atom. The van der Waals surface area contributed by atoms with E-state index in [-0.39, 0.29) is 0 Å². The molecule has 0 aromatic carbocycles. The van der Waals surface area contributed by atoms with Crippen molar-refractivity contribution in [1.29, 1.82) is 0 Å². The van der Waals surface area contributed by atoms with Gasteiger partial charge in [0.25, 0.3) is 0 Å². The summed E-state index contributed by atoms with van der Waals surface area (Å²) in [5.41, 5.74) is 0.930. The molecule has 0 radical (unpaired) electrons. The van der Waals surface area contributed by atoms with Crippen LogP contribution in [0.3, 0.4) is 0 Å². The number of nitrogens with one attached hydrogen (secondary N) is 2. The molecule has 1 rings (SSSR count). The number of aliphatic imine (C=N–C) groups is 1. The Morgan fingerprint density at radius 3 is 2.68 bits per heavy atom. The molecule has 0 bridgehead atoms. The fourth-order valence-electron chi connectivity index (χ4n) is 1.42. The van der Waals surface area contributed by atoms with Crippen LogP contribution >= 0.6 is 11.8 Å². The number of aryl methyl sites for hydroxylation is 2. The minimum Gasteiger partial charge on any atom is -0.444 e. The smallest absolute Gasteiger partial charge is 0.216 e. The van der Waals surface area contributed by atoms with E-state index in [4.69, 9.17) is 4.42 Å². The Morgan fingerprint density at radius 2 is 2.16 bits per heavy atom. The molecule has 6 heteroatoms. The molecule has 0 amide bonds. The third-order valence-electron chi connectivity index (χ3n) is 2.75. The van der Waals surface area contributed by atoms with Gasteiger partial charge in [-0.3, -0.25) is 0 Å². The molecular formula is C13H24N4OS. The lowest BCUT2D eigenvalue weighted by molar-refractivity contribution is 0.473. The van der Waals surface area contributed by atoms with E-state index in [2.05, 4.69) is 40.7 Å². The zero-order valence-electron chi connectivity index (χ0n) is 12.4. The van der Waals surface area contributed by atoms with Crippen LogP contribution in [0.4, 0.5) is 0 Å². The number of hydrogen-bond donors (Lipinski definition) is 2. The number of nitrogens with zero attached hydrogens (tertiary/aromatic N) is 2. The highest BCUT2D eigenvalue weighted by molar-refractivity contribution is 7.99. The van der Waals surface area contributed by atoms with Crippen molar-refractivity contribution in [3.8, 4) is 0 Å².